The maximum absolute atomic E-state index is 13.2. The summed E-state index contributed by atoms with van der Waals surface area (Å²) in [5.41, 5.74) is 6.00. The first-order chi connectivity index (χ1) is 13.4. The van der Waals surface area contributed by atoms with E-state index < -0.39 is 11.2 Å². The van der Waals surface area contributed by atoms with E-state index in [-0.39, 0.29) is 17.8 Å². The molecule has 2 aromatic carbocycles. The quantitative estimate of drug-likeness (QED) is 0.725. The molecule has 2 saturated heterocycles. The number of rotatable bonds is 3. The lowest BCUT2D eigenvalue weighted by Crippen LogP contribution is -2.46. The molecule has 0 bridgehead atoms. The Labute approximate surface area is 176 Å². The highest BCUT2D eigenvalue weighted by Crippen LogP contribution is 2.43. The standard InChI is InChI=1S/C20H17Cl2FN2O2S/c21-13-3-6-17(16(22)8-13)25-18-12(7-11-1-4-14(23)5-2-11)10-28-19(20(26)27)15(18)9-24-25/h1-8,15,18-19,24H,9-10H2,(H,26,27). The van der Waals surface area contributed by atoms with Gasteiger partial charge in [0.15, 0.2) is 0 Å². The molecule has 0 aliphatic carbocycles. The topological polar surface area (TPSA) is 52.6 Å². The van der Waals surface area contributed by atoms with Crippen LogP contribution in [0.3, 0.4) is 0 Å². The highest BCUT2D eigenvalue weighted by atomic mass is 35.5. The van der Waals surface area contributed by atoms with Gasteiger partial charge in [-0.05, 0) is 41.5 Å². The van der Waals surface area contributed by atoms with Crippen molar-refractivity contribution >= 4 is 52.7 Å². The van der Waals surface area contributed by atoms with Gasteiger partial charge in [0.1, 0.15) is 11.1 Å². The molecule has 0 spiro atoms. The van der Waals surface area contributed by atoms with Gasteiger partial charge in [-0.25, -0.2) is 9.82 Å². The van der Waals surface area contributed by atoms with Gasteiger partial charge in [0.2, 0.25) is 0 Å². The van der Waals surface area contributed by atoms with Gasteiger partial charge in [0, 0.05) is 23.2 Å². The van der Waals surface area contributed by atoms with Crippen LogP contribution < -0.4 is 10.4 Å². The number of hydrogen-bond acceptors (Lipinski definition) is 4. The molecule has 8 heteroatoms. The summed E-state index contributed by atoms with van der Waals surface area (Å²) >= 11 is 13.9. The number of nitrogens with zero attached hydrogens (tertiary/aromatic N) is 1. The van der Waals surface area contributed by atoms with Crippen LogP contribution in [0, 0.1) is 11.7 Å². The molecule has 2 heterocycles. The number of carboxylic acid groups (broad SMARTS) is 1. The molecule has 2 aromatic rings. The number of aliphatic carboxylic acids is 1. The highest BCUT2D eigenvalue weighted by molar-refractivity contribution is 8.00. The van der Waals surface area contributed by atoms with Crippen molar-refractivity contribution in [1.29, 1.82) is 0 Å². The van der Waals surface area contributed by atoms with Gasteiger partial charge in [-0.3, -0.25) is 9.80 Å². The zero-order valence-electron chi connectivity index (χ0n) is 14.6. The molecule has 2 N–H and O–H groups in total. The summed E-state index contributed by atoms with van der Waals surface area (Å²) < 4.78 is 13.2. The highest BCUT2D eigenvalue weighted by Gasteiger charge is 2.47. The molecule has 3 atom stereocenters. The number of fused-ring (bicyclic) bond motifs is 1. The van der Waals surface area contributed by atoms with E-state index in [2.05, 4.69) is 5.43 Å². The van der Waals surface area contributed by atoms with E-state index in [1.54, 1.807) is 24.3 Å². The zero-order chi connectivity index (χ0) is 19.8. The first-order valence-electron chi connectivity index (χ1n) is 8.72. The lowest BCUT2D eigenvalue weighted by atomic mass is 9.89. The molecule has 4 rings (SSSR count). The Hall–Kier alpha value is -1.73. The van der Waals surface area contributed by atoms with Gasteiger partial charge < -0.3 is 5.11 Å². The number of benzene rings is 2. The Bertz CT molecular complexity index is 938. The predicted octanol–water partition coefficient (Wildman–Crippen LogP) is 4.73. The summed E-state index contributed by atoms with van der Waals surface area (Å²) in [6, 6.07) is 11.3. The van der Waals surface area contributed by atoms with Gasteiger partial charge in [-0.2, -0.15) is 0 Å². The maximum Gasteiger partial charge on any atom is 0.317 e. The van der Waals surface area contributed by atoms with Crippen molar-refractivity contribution in [1.82, 2.24) is 5.43 Å². The largest absolute Gasteiger partial charge is 0.480 e. The van der Waals surface area contributed by atoms with Crippen LogP contribution in [0.4, 0.5) is 10.1 Å². The molecule has 146 valence electrons. The van der Waals surface area contributed by atoms with Crippen LogP contribution in [0.1, 0.15) is 5.56 Å². The molecular formula is C20H17Cl2FN2O2S. The fraction of sp³-hybridized carbons (Fsp3) is 0.250. The number of carboxylic acids is 1. The fourth-order valence-electron chi connectivity index (χ4n) is 3.78. The van der Waals surface area contributed by atoms with Gasteiger partial charge in [0.05, 0.1) is 16.8 Å². The van der Waals surface area contributed by atoms with E-state index in [0.717, 1.165) is 16.8 Å². The minimum absolute atomic E-state index is 0.130. The molecule has 28 heavy (non-hydrogen) atoms. The third kappa shape index (κ3) is 3.74. The molecular weight excluding hydrogens is 422 g/mol. The molecule has 3 unspecified atom stereocenters. The number of thioether (sulfide) groups is 1. The van der Waals surface area contributed by atoms with Crippen molar-refractivity contribution in [2.24, 2.45) is 5.92 Å². The maximum atomic E-state index is 13.2. The Balaban J connectivity index is 1.75. The van der Waals surface area contributed by atoms with Gasteiger partial charge in [-0.15, -0.1) is 11.8 Å². The van der Waals surface area contributed by atoms with Crippen LogP contribution in [0.2, 0.25) is 10.0 Å². The minimum Gasteiger partial charge on any atom is -0.480 e. The van der Waals surface area contributed by atoms with Crippen molar-refractivity contribution in [2.45, 2.75) is 11.3 Å². The zero-order valence-corrected chi connectivity index (χ0v) is 16.9. The number of halogens is 3. The first-order valence-corrected chi connectivity index (χ1v) is 10.5. The average molecular weight is 439 g/mol. The number of carbonyl (C=O) groups is 1. The van der Waals surface area contributed by atoms with E-state index in [9.17, 15) is 14.3 Å². The lowest BCUT2D eigenvalue weighted by Gasteiger charge is -2.37. The Morgan fingerprint density at radius 3 is 2.68 bits per heavy atom. The Kier molecular flexibility index (Phi) is 5.56. The number of hydrogen-bond donors (Lipinski definition) is 2. The molecule has 2 fully saturated rings. The number of hydrazine groups is 1. The van der Waals surface area contributed by atoms with Crippen LogP contribution in [0.25, 0.3) is 6.08 Å². The predicted molar refractivity (Wildman–Crippen MR) is 112 cm³/mol. The number of nitrogens with one attached hydrogen (secondary N) is 1. The Morgan fingerprint density at radius 2 is 2.00 bits per heavy atom. The molecule has 0 aromatic heterocycles. The second kappa shape index (κ2) is 7.95. The summed E-state index contributed by atoms with van der Waals surface area (Å²) in [5, 5.41) is 12.1. The second-order valence-electron chi connectivity index (χ2n) is 6.78. The molecule has 0 amide bonds. The normalized spacial score (nSPS) is 25.8. The van der Waals surface area contributed by atoms with Crippen molar-refractivity contribution in [3.8, 4) is 0 Å². The summed E-state index contributed by atoms with van der Waals surface area (Å²) in [4.78, 5) is 11.8. The minimum atomic E-state index is -0.813. The van der Waals surface area contributed by atoms with Crippen molar-refractivity contribution in [3.63, 3.8) is 0 Å². The van der Waals surface area contributed by atoms with Crippen LogP contribution in [0.15, 0.2) is 48.0 Å². The van der Waals surface area contributed by atoms with Crippen molar-refractivity contribution < 1.29 is 14.3 Å². The van der Waals surface area contributed by atoms with E-state index in [1.807, 2.05) is 17.2 Å². The fourth-order valence-corrected chi connectivity index (χ4v) is 5.54. The van der Waals surface area contributed by atoms with Crippen LogP contribution in [0.5, 0.6) is 0 Å². The van der Waals surface area contributed by atoms with E-state index in [4.69, 9.17) is 23.2 Å². The van der Waals surface area contributed by atoms with E-state index >= 15 is 0 Å². The molecule has 4 nitrogen and oxygen atoms in total. The number of anilines is 1. The second-order valence-corrected chi connectivity index (χ2v) is 8.75. The monoisotopic (exact) mass is 438 g/mol. The SMILES string of the molecule is O=C(O)C1SCC(=Cc2ccc(F)cc2)C2C1CNN2c1ccc(Cl)cc1Cl. The van der Waals surface area contributed by atoms with Gasteiger partial charge >= 0.3 is 5.97 Å². The molecule has 0 radical (unpaired) electrons. The molecule has 0 saturated carbocycles. The van der Waals surface area contributed by atoms with Crippen LogP contribution >= 0.6 is 35.0 Å². The third-order valence-electron chi connectivity index (χ3n) is 5.01. The van der Waals surface area contributed by atoms with Gasteiger partial charge in [0.25, 0.3) is 0 Å². The van der Waals surface area contributed by atoms with Crippen LogP contribution in [-0.4, -0.2) is 34.7 Å². The molecule has 2 aliphatic rings. The van der Waals surface area contributed by atoms with Crippen LogP contribution in [-0.2, 0) is 4.79 Å². The van der Waals surface area contributed by atoms with E-state index in [0.29, 0.717) is 22.3 Å². The lowest BCUT2D eigenvalue weighted by molar-refractivity contribution is -0.137. The van der Waals surface area contributed by atoms with Gasteiger partial charge in [-0.1, -0.05) is 41.4 Å². The summed E-state index contributed by atoms with van der Waals surface area (Å²) in [7, 11) is 0. The van der Waals surface area contributed by atoms with Crippen molar-refractivity contribution in [3.05, 3.63) is 69.5 Å². The summed E-state index contributed by atoms with van der Waals surface area (Å²) in [6.07, 6.45) is 2.01. The smallest absolute Gasteiger partial charge is 0.317 e. The Morgan fingerprint density at radius 1 is 1.25 bits per heavy atom. The average Bonchev–Trinajstić information content (AvgIpc) is 3.09. The summed E-state index contributed by atoms with van der Waals surface area (Å²) in [6.45, 7) is 0.522. The summed E-state index contributed by atoms with van der Waals surface area (Å²) in [5.74, 6) is -0.665. The third-order valence-corrected chi connectivity index (χ3v) is 6.96. The van der Waals surface area contributed by atoms with E-state index in [1.165, 1.54) is 23.9 Å². The first kappa shape index (κ1) is 19.6. The molecule has 2 aliphatic heterocycles. The van der Waals surface area contributed by atoms with Crippen molar-refractivity contribution in [2.75, 3.05) is 17.3 Å².